The summed E-state index contributed by atoms with van der Waals surface area (Å²) in [6.07, 6.45) is 0. The number of nitrogens with zero attached hydrogens (tertiary/aromatic N) is 2. The van der Waals surface area contributed by atoms with Crippen molar-refractivity contribution in [3.05, 3.63) is 83.8 Å². The van der Waals surface area contributed by atoms with Gasteiger partial charge in [-0.2, -0.15) is 0 Å². The number of hydrogen-bond acceptors (Lipinski definition) is 1. The summed E-state index contributed by atoms with van der Waals surface area (Å²) in [5, 5.41) is 5.39. The van der Waals surface area contributed by atoms with Crippen LogP contribution in [0.5, 0.6) is 0 Å². The monoisotopic (exact) mass is 364 g/mol. The highest BCUT2D eigenvalue weighted by Gasteiger charge is 2.16. The van der Waals surface area contributed by atoms with Crippen molar-refractivity contribution in [1.82, 2.24) is 9.38 Å². The van der Waals surface area contributed by atoms with Gasteiger partial charge in [-0.05, 0) is 49.6 Å². The third-order valence-corrected chi connectivity index (χ3v) is 5.78. The van der Waals surface area contributed by atoms with Crippen LogP contribution in [-0.2, 0) is 0 Å². The predicted molar refractivity (Wildman–Crippen MR) is 115 cm³/mol. The van der Waals surface area contributed by atoms with E-state index in [1.165, 1.54) is 5.56 Å². The number of aryl methyl sites for hydroxylation is 2. The first-order valence-corrected chi connectivity index (χ1v) is 9.44. The minimum atomic E-state index is -0.214. The molecule has 0 unspecified atom stereocenters. The molecule has 28 heavy (non-hydrogen) atoms. The Morgan fingerprint density at radius 3 is 2.46 bits per heavy atom. The molecular formula is C25H17FN2. The molecule has 0 amide bonds. The van der Waals surface area contributed by atoms with Gasteiger partial charge in [-0.25, -0.2) is 4.39 Å². The normalized spacial score (nSPS) is 12.1. The number of pyridine rings is 2. The van der Waals surface area contributed by atoms with Gasteiger partial charge in [0.25, 0.3) is 0 Å². The average Bonchev–Trinajstić information content (AvgIpc) is 3.10. The molecule has 0 atom stereocenters. The summed E-state index contributed by atoms with van der Waals surface area (Å²) in [5.41, 5.74) is 6.43. The third-order valence-electron chi connectivity index (χ3n) is 5.78. The van der Waals surface area contributed by atoms with Crippen molar-refractivity contribution in [2.75, 3.05) is 0 Å². The second-order valence-electron chi connectivity index (χ2n) is 7.55. The highest BCUT2D eigenvalue weighted by atomic mass is 19.1. The van der Waals surface area contributed by atoms with Crippen molar-refractivity contribution >= 4 is 49.0 Å². The first kappa shape index (κ1) is 15.6. The average molecular weight is 364 g/mol. The molecule has 0 spiro atoms. The molecule has 0 fully saturated rings. The van der Waals surface area contributed by atoms with Crippen molar-refractivity contribution in [2.24, 2.45) is 0 Å². The number of halogens is 1. The summed E-state index contributed by atoms with van der Waals surface area (Å²) in [6.45, 7) is 4.13. The lowest BCUT2D eigenvalue weighted by Crippen LogP contribution is -1.94. The molecule has 0 radical (unpaired) electrons. The van der Waals surface area contributed by atoms with Gasteiger partial charge in [-0.3, -0.25) is 4.98 Å². The quantitative estimate of drug-likeness (QED) is 0.274. The lowest BCUT2D eigenvalue weighted by atomic mass is 10.0. The SMILES string of the molecule is Cc1ccc2c(c1)c1cc(F)ccc1n1c2cc2c(C)nc3ccccc3c21. The molecule has 0 saturated carbocycles. The summed E-state index contributed by atoms with van der Waals surface area (Å²) in [6, 6.07) is 22.0. The van der Waals surface area contributed by atoms with Gasteiger partial charge in [0.1, 0.15) is 5.82 Å². The van der Waals surface area contributed by atoms with Crippen LogP contribution in [-0.4, -0.2) is 9.38 Å². The van der Waals surface area contributed by atoms with Gasteiger partial charge in [0.05, 0.1) is 22.1 Å². The molecule has 0 aliphatic carbocycles. The zero-order chi connectivity index (χ0) is 19.0. The lowest BCUT2D eigenvalue weighted by Gasteiger charge is -2.12. The molecule has 0 aliphatic rings. The van der Waals surface area contributed by atoms with Gasteiger partial charge >= 0.3 is 0 Å². The Hall–Kier alpha value is -3.46. The fourth-order valence-electron chi connectivity index (χ4n) is 4.54. The number of rotatable bonds is 0. The smallest absolute Gasteiger partial charge is 0.123 e. The van der Waals surface area contributed by atoms with Gasteiger partial charge in [0, 0.05) is 27.2 Å². The summed E-state index contributed by atoms with van der Waals surface area (Å²) in [5.74, 6) is -0.214. The summed E-state index contributed by atoms with van der Waals surface area (Å²) < 4.78 is 16.5. The maximum absolute atomic E-state index is 14.2. The molecule has 0 N–H and O–H groups in total. The van der Waals surface area contributed by atoms with Crippen LogP contribution in [0.3, 0.4) is 0 Å². The predicted octanol–water partition coefficient (Wildman–Crippen LogP) is 6.70. The first-order valence-electron chi connectivity index (χ1n) is 9.44. The Kier molecular flexibility index (Phi) is 2.95. The van der Waals surface area contributed by atoms with E-state index in [2.05, 4.69) is 48.6 Å². The minimum absolute atomic E-state index is 0.214. The van der Waals surface area contributed by atoms with E-state index < -0.39 is 0 Å². The lowest BCUT2D eigenvalue weighted by molar-refractivity contribution is 0.629. The second-order valence-corrected chi connectivity index (χ2v) is 7.55. The van der Waals surface area contributed by atoms with Crippen molar-refractivity contribution in [1.29, 1.82) is 0 Å². The van der Waals surface area contributed by atoms with Crippen molar-refractivity contribution in [3.8, 4) is 0 Å². The van der Waals surface area contributed by atoms with Crippen LogP contribution in [0.4, 0.5) is 4.39 Å². The minimum Gasteiger partial charge on any atom is -0.308 e. The Morgan fingerprint density at radius 1 is 0.714 bits per heavy atom. The molecule has 0 aliphatic heterocycles. The molecule has 3 heterocycles. The molecule has 3 aromatic heterocycles. The zero-order valence-corrected chi connectivity index (χ0v) is 15.6. The topological polar surface area (TPSA) is 17.3 Å². The van der Waals surface area contributed by atoms with Gasteiger partial charge in [0.2, 0.25) is 0 Å². The fourth-order valence-corrected chi connectivity index (χ4v) is 4.54. The van der Waals surface area contributed by atoms with E-state index >= 15 is 0 Å². The zero-order valence-electron chi connectivity index (χ0n) is 15.6. The van der Waals surface area contributed by atoms with Gasteiger partial charge in [-0.1, -0.05) is 42.0 Å². The highest BCUT2D eigenvalue weighted by Crippen LogP contribution is 2.37. The van der Waals surface area contributed by atoms with Crippen molar-refractivity contribution in [2.45, 2.75) is 13.8 Å². The van der Waals surface area contributed by atoms with E-state index in [1.807, 2.05) is 24.3 Å². The molecule has 3 aromatic carbocycles. The van der Waals surface area contributed by atoms with E-state index in [1.54, 1.807) is 12.1 Å². The second kappa shape index (κ2) is 5.29. The van der Waals surface area contributed by atoms with Crippen LogP contribution in [0.15, 0.2) is 66.7 Å². The molecule has 0 saturated heterocycles. The Balaban J connectivity index is 2.03. The molecule has 0 bridgehead atoms. The molecule has 134 valence electrons. The highest BCUT2D eigenvalue weighted by molar-refractivity contribution is 6.18. The van der Waals surface area contributed by atoms with Crippen LogP contribution in [0.25, 0.3) is 49.0 Å². The first-order chi connectivity index (χ1) is 13.6. The van der Waals surface area contributed by atoms with E-state index in [4.69, 9.17) is 4.98 Å². The van der Waals surface area contributed by atoms with Gasteiger partial charge in [-0.15, -0.1) is 0 Å². The van der Waals surface area contributed by atoms with Crippen molar-refractivity contribution < 1.29 is 4.39 Å². The van der Waals surface area contributed by atoms with Crippen LogP contribution >= 0.6 is 0 Å². The number of aromatic nitrogens is 2. The Morgan fingerprint density at radius 2 is 1.57 bits per heavy atom. The Bertz CT molecular complexity index is 1590. The van der Waals surface area contributed by atoms with Crippen LogP contribution < -0.4 is 0 Å². The van der Waals surface area contributed by atoms with Crippen LogP contribution in [0.2, 0.25) is 0 Å². The molecule has 2 nitrogen and oxygen atoms in total. The standard InChI is InChI=1S/C25H17FN2/c1-14-7-9-17-20(11-14)21-12-16(26)8-10-23(21)28-24(17)13-19-15(2)27-22-6-4-3-5-18(22)25(19)28/h3-13H,1-2H3. The Labute approximate surface area is 160 Å². The fraction of sp³-hybridized carbons (Fsp3) is 0.0800. The van der Waals surface area contributed by atoms with Crippen molar-refractivity contribution in [3.63, 3.8) is 0 Å². The molecular weight excluding hydrogens is 347 g/mol. The van der Waals surface area contributed by atoms with E-state index in [0.29, 0.717) is 0 Å². The summed E-state index contributed by atoms with van der Waals surface area (Å²) in [7, 11) is 0. The number of hydrogen-bond donors (Lipinski definition) is 0. The maximum atomic E-state index is 14.2. The largest absolute Gasteiger partial charge is 0.308 e. The van der Waals surface area contributed by atoms with E-state index in [0.717, 1.165) is 54.7 Å². The van der Waals surface area contributed by atoms with E-state index in [9.17, 15) is 4.39 Å². The van der Waals surface area contributed by atoms with Crippen LogP contribution in [0.1, 0.15) is 11.3 Å². The van der Waals surface area contributed by atoms with E-state index in [-0.39, 0.29) is 5.82 Å². The molecule has 6 aromatic rings. The molecule has 3 heteroatoms. The van der Waals surface area contributed by atoms with Gasteiger partial charge < -0.3 is 4.40 Å². The number of para-hydroxylation sites is 1. The third kappa shape index (κ3) is 1.93. The maximum Gasteiger partial charge on any atom is 0.123 e. The number of benzene rings is 3. The van der Waals surface area contributed by atoms with Crippen LogP contribution in [0, 0.1) is 19.7 Å². The molecule has 6 rings (SSSR count). The number of fused-ring (bicyclic) bond motifs is 10. The summed E-state index contributed by atoms with van der Waals surface area (Å²) >= 11 is 0. The summed E-state index contributed by atoms with van der Waals surface area (Å²) in [4.78, 5) is 4.81. The van der Waals surface area contributed by atoms with Gasteiger partial charge in [0.15, 0.2) is 0 Å².